The number of rotatable bonds is 5. The molecule has 7 nitrogen and oxygen atoms in total. The van der Waals surface area contributed by atoms with Crippen molar-refractivity contribution in [3.8, 4) is 0 Å². The molecule has 2 heterocycles. The number of carbonyl (C=O) groups is 2. The summed E-state index contributed by atoms with van der Waals surface area (Å²) in [4.78, 5) is 30.6. The number of hydrogen-bond acceptors (Lipinski definition) is 6. The molecule has 3 aromatic rings. The molecule has 1 aliphatic heterocycles. The fourth-order valence-electron chi connectivity index (χ4n) is 3.21. The maximum Gasteiger partial charge on any atom is 0.257 e. The maximum atomic E-state index is 12.5. The van der Waals surface area contributed by atoms with Crippen LogP contribution in [0.25, 0.3) is 10.2 Å². The molecule has 0 spiro atoms. The Morgan fingerprint density at radius 1 is 1.21 bits per heavy atom. The topological polar surface area (TPSA) is 96.4 Å². The molecular formula is C20H19N3O4S2. The van der Waals surface area contributed by atoms with Crippen LogP contribution in [0.1, 0.15) is 28.8 Å². The smallest absolute Gasteiger partial charge is 0.257 e. The third kappa shape index (κ3) is 4.30. The van der Waals surface area contributed by atoms with Gasteiger partial charge < -0.3 is 4.90 Å². The van der Waals surface area contributed by atoms with Gasteiger partial charge in [-0.1, -0.05) is 23.5 Å². The van der Waals surface area contributed by atoms with Gasteiger partial charge in [-0.3, -0.25) is 14.9 Å². The second kappa shape index (κ2) is 7.57. The molecule has 1 aliphatic rings. The maximum absolute atomic E-state index is 12.5. The molecule has 1 N–H and O–H groups in total. The van der Waals surface area contributed by atoms with Gasteiger partial charge in [0.15, 0.2) is 15.0 Å². The van der Waals surface area contributed by atoms with Crippen LogP contribution in [0.15, 0.2) is 47.4 Å². The number of benzene rings is 2. The summed E-state index contributed by atoms with van der Waals surface area (Å²) in [7, 11) is -3.30. The van der Waals surface area contributed by atoms with Gasteiger partial charge in [0.1, 0.15) is 0 Å². The van der Waals surface area contributed by atoms with E-state index in [1.165, 1.54) is 17.4 Å². The lowest BCUT2D eigenvalue weighted by atomic mass is 10.1. The molecule has 150 valence electrons. The number of amides is 2. The lowest BCUT2D eigenvalue weighted by Crippen LogP contribution is -2.23. The van der Waals surface area contributed by atoms with Crippen LogP contribution in [-0.2, 0) is 21.2 Å². The molecule has 0 unspecified atom stereocenters. The highest BCUT2D eigenvalue weighted by atomic mass is 32.2. The summed E-state index contributed by atoms with van der Waals surface area (Å²) < 4.78 is 24.1. The molecule has 29 heavy (non-hydrogen) atoms. The van der Waals surface area contributed by atoms with Crippen molar-refractivity contribution in [1.29, 1.82) is 0 Å². The van der Waals surface area contributed by atoms with Crippen molar-refractivity contribution in [2.45, 2.75) is 24.3 Å². The lowest BCUT2D eigenvalue weighted by molar-refractivity contribution is -0.128. The first-order valence-corrected chi connectivity index (χ1v) is 11.8. The van der Waals surface area contributed by atoms with E-state index in [1.54, 1.807) is 24.3 Å². The highest BCUT2D eigenvalue weighted by molar-refractivity contribution is 7.90. The minimum Gasteiger partial charge on any atom is -0.338 e. The minimum absolute atomic E-state index is 0.168. The quantitative estimate of drug-likeness (QED) is 0.672. The molecular weight excluding hydrogens is 410 g/mol. The Morgan fingerprint density at radius 3 is 2.62 bits per heavy atom. The lowest BCUT2D eigenvalue weighted by Gasteiger charge is -2.15. The van der Waals surface area contributed by atoms with E-state index in [0.717, 1.165) is 24.8 Å². The van der Waals surface area contributed by atoms with Crippen LogP contribution in [-0.4, -0.2) is 42.9 Å². The number of anilines is 1. The Kier molecular flexibility index (Phi) is 5.10. The number of sulfone groups is 1. The Bertz CT molecular complexity index is 1200. The van der Waals surface area contributed by atoms with Gasteiger partial charge in [0.05, 0.1) is 15.1 Å². The summed E-state index contributed by atoms with van der Waals surface area (Å²) in [6.07, 6.45) is 2.66. The molecule has 9 heteroatoms. The fraction of sp³-hybridized carbons (Fsp3) is 0.250. The van der Waals surface area contributed by atoms with E-state index in [1.807, 2.05) is 17.0 Å². The van der Waals surface area contributed by atoms with Crippen LogP contribution in [0.4, 0.5) is 5.13 Å². The van der Waals surface area contributed by atoms with Gasteiger partial charge >= 0.3 is 0 Å². The summed E-state index contributed by atoms with van der Waals surface area (Å²) >= 11 is 1.22. The van der Waals surface area contributed by atoms with Crippen LogP contribution < -0.4 is 5.32 Å². The third-order valence-corrected chi connectivity index (χ3v) is 6.81. The molecule has 4 rings (SSSR count). The van der Waals surface area contributed by atoms with E-state index >= 15 is 0 Å². The Labute approximate surface area is 172 Å². The van der Waals surface area contributed by atoms with Crippen molar-refractivity contribution in [2.75, 3.05) is 18.1 Å². The van der Waals surface area contributed by atoms with Crippen LogP contribution in [0.3, 0.4) is 0 Å². The van der Waals surface area contributed by atoms with E-state index in [9.17, 15) is 18.0 Å². The first-order valence-electron chi connectivity index (χ1n) is 9.08. The predicted octanol–water partition coefficient (Wildman–Crippen LogP) is 3.07. The number of fused-ring (bicyclic) bond motifs is 1. The summed E-state index contributed by atoms with van der Waals surface area (Å²) in [6, 6.07) is 11.8. The van der Waals surface area contributed by atoms with Gasteiger partial charge in [0.2, 0.25) is 5.91 Å². The van der Waals surface area contributed by atoms with Gasteiger partial charge in [0, 0.05) is 31.3 Å². The van der Waals surface area contributed by atoms with Crippen LogP contribution in [0.5, 0.6) is 0 Å². The summed E-state index contributed by atoms with van der Waals surface area (Å²) in [5.41, 5.74) is 2.09. The minimum atomic E-state index is -3.30. The van der Waals surface area contributed by atoms with Gasteiger partial charge in [-0.2, -0.15) is 0 Å². The molecule has 2 amide bonds. The third-order valence-electron chi connectivity index (χ3n) is 4.77. The van der Waals surface area contributed by atoms with Crippen LogP contribution in [0.2, 0.25) is 0 Å². The molecule has 0 aliphatic carbocycles. The van der Waals surface area contributed by atoms with Gasteiger partial charge in [-0.25, -0.2) is 13.4 Å². The normalized spacial score (nSPS) is 14.5. The van der Waals surface area contributed by atoms with E-state index in [4.69, 9.17) is 0 Å². The Hall–Kier alpha value is -2.78. The van der Waals surface area contributed by atoms with Crippen molar-refractivity contribution in [3.05, 3.63) is 53.6 Å². The van der Waals surface area contributed by atoms with Gasteiger partial charge in [-0.15, -0.1) is 0 Å². The van der Waals surface area contributed by atoms with Gasteiger partial charge in [0.25, 0.3) is 5.91 Å². The summed E-state index contributed by atoms with van der Waals surface area (Å²) in [5, 5.41) is 3.16. The molecule has 0 saturated carbocycles. The van der Waals surface area contributed by atoms with Crippen molar-refractivity contribution in [1.82, 2.24) is 9.88 Å². The Morgan fingerprint density at radius 2 is 1.97 bits per heavy atom. The van der Waals surface area contributed by atoms with Crippen molar-refractivity contribution in [2.24, 2.45) is 0 Å². The average molecular weight is 430 g/mol. The number of thiazole rings is 1. The molecule has 1 aromatic heterocycles. The predicted molar refractivity (Wildman–Crippen MR) is 112 cm³/mol. The van der Waals surface area contributed by atoms with Crippen LogP contribution >= 0.6 is 11.3 Å². The molecule has 0 radical (unpaired) electrons. The van der Waals surface area contributed by atoms with E-state index in [-0.39, 0.29) is 16.7 Å². The highest BCUT2D eigenvalue weighted by Crippen LogP contribution is 2.28. The zero-order valence-corrected chi connectivity index (χ0v) is 17.3. The fourth-order valence-corrected chi connectivity index (χ4v) is 4.83. The number of hydrogen-bond donors (Lipinski definition) is 1. The van der Waals surface area contributed by atoms with Crippen LogP contribution in [0, 0.1) is 0 Å². The molecule has 1 fully saturated rings. The summed E-state index contributed by atoms with van der Waals surface area (Å²) in [5.74, 6) is -0.127. The van der Waals surface area contributed by atoms with Crippen molar-refractivity contribution >= 4 is 48.3 Å². The van der Waals surface area contributed by atoms with E-state index in [0.29, 0.717) is 33.9 Å². The number of nitrogens with one attached hydrogen (secondary N) is 1. The molecule has 0 bridgehead atoms. The first kappa shape index (κ1) is 19.5. The van der Waals surface area contributed by atoms with E-state index in [2.05, 4.69) is 10.3 Å². The monoisotopic (exact) mass is 429 g/mol. The average Bonchev–Trinajstić information content (AvgIpc) is 3.26. The first-order chi connectivity index (χ1) is 13.8. The molecule has 2 aromatic carbocycles. The van der Waals surface area contributed by atoms with Crippen molar-refractivity contribution in [3.63, 3.8) is 0 Å². The SMILES string of the molecule is CS(=O)(=O)c1ccc2nc(NC(=O)c3ccc(CN4CCCC4=O)cc3)sc2c1. The zero-order chi connectivity index (χ0) is 20.6. The largest absolute Gasteiger partial charge is 0.338 e. The number of likely N-dealkylation sites (tertiary alicyclic amines) is 1. The second-order valence-electron chi connectivity index (χ2n) is 6.99. The number of nitrogens with zero attached hydrogens (tertiary/aromatic N) is 2. The van der Waals surface area contributed by atoms with Crippen molar-refractivity contribution < 1.29 is 18.0 Å². The Balaban J connectivity index is 1.46. The number of carbonyl (C=O) groups excluding carboxylic acids is 2. The zero-order valence-electron chi connectivity index (χ0n) is 15.7. The summed E-state index contributed by atoms with van der Waals surface area (Å²) in [6.45, 7) is 1.33. The number of aromatic nitrogens is 1. The van der Waals surface area contributed by atoms with E-state index < -0.39 is 9.84 Å². The van der Waals surface area contributed by atoms with Gasteiger partial charge in [-0.05, 0) is 42.3 Å². The second-order valence-corrected chi connectivity index (χ2v) is 10.0. The highest BCUT2D eigenvalue weighted by Gasteiger charge is 2.20. The molecule has 1 saturated heterocycles. The standard InChI is InChI=1S/C20H19N3O4S2/c1-29(26,27)15-8-9-16-17(11-15)28-20(21-16)22-19(25)14-6-4-13(5-7-14)12-23-10-2-3-18(23)24/h4-9,11H,2-3,10,12H2,1H3,(H,21,22,25). The molecule has 0 atom stereocenters.